The van der Waals surface area contributed by atoms with Crippen molar-refractivity contribution in [2.45, 2.75) is 13.5 Å². The molecule has 0 heterocycles. The molecule has 20 heavy (non-hydrogen) atoms. The summed E-state index contributed by atoms with van der Waals surface area (Å²) in [7, 11) is 0. The average molecular weight is 335 g/mol. The van der Waals surface area contributed by atoms with Crippen LogP contribution in [0.5, 0.6) is 5.75 Å². The fourth-order valence-corrected chi connectivity index (χ4v) is 2.19. The Kier molecular flexibility index (Phi) is 4.63. The number of carbonyl (C=O) groups excluding carboxylic acids is 1. The third-order valence-corrected chi connectivity index (χ3v) is 3.24. The Morgan fingerprint density at radius 3 is 2.80 bits per heavy atom. The molecule has 0 aromatic heterocycles. The Morgan fingerprint density at radius 2 is 2.05 bits per heavy atom. The van der Waals surface area contributed by atoms with Crippen molar-refractivity contribution in [1.29, 1.82) is 0 Å². The standard InChI is InChI=1S/C15H15BrN2O2/c1-10-5-6-14(19)13(7-10)18-15(20)17-9-11-3-2-4-12(16)8-11/h2-8,19H,9H2,1H3,(H2,17,18,20). The first kappa shape index (κ1) is 14.4. The van der Waals surface area contributed by atoms with E-state index in [1.807, 2.05) is 31.2 Å². The van der Waals surface area contributed by atoms with Gasteiger partial charge in [0, 0.05) is 11.0 Å². The maximum Gasteiger partial charge on any atom is 0.319 e. The lowest BCUT2D eigenvalue weighted by molar-refractivity contribution is 0.251. The zero-order valence-corrected chi connectivity index (χ0v) is 12.6. The Labute approximate surface area is 126 Å². The molecule has 0 fully saturated rings. The number of benzene rings is 2. The Morgan fingerprint density at radius 1 is 1.25 bits per heavy atom. The number of rotatable bonds is 3. The van der Waals surface area contributed by atoms with E-state index in [0.29, 0.717) is 12.2 Å². The summed E-state index contributed by atoms with van der Waals surface area (Å²) in [5, 5.41) is 15.0. The highest BCUT2D eigenvalue weighted by Crippen LogP contribution is 2.23. The molecule has 2 aromatic carbocycles. The summed E-state index contributed by atoms with van der Waals surface area (Å²) < 4.78 is 0.966. The maximum atomic E-state index is 11.8. The summed E-state index contributed by atoms with van der Waals surface area (Å²) >= 11 is 3.38. The zero-order valence-electron chi connectivity index (χ0n) is 11.0. The molecule has 4 nitrogen and oxygen atoms in total. The van der Waals surface area contributed by atoms with Crippen LogP contribution in [0.25, 0.3) is 0 Å². The van der Waals surface area contributed by atoms with Crippen molar-refractivity contribution in [3.8, 4) is 5.75 Å². The van der Waals surface area contributed by atoms with Crippen LogP contribution < -0.4 is 10.6 Å². The lowest BCUT2D eigenvalue weighted by atomic mass is 10.2. The quantitative estimate of drug-likeness (QED) is 0.748. The second-order valence-electron chi connectivity index (χ2n) is 4.46. The van der Waals surface area contributed by atoms with Crippen LogP contribution >= 0.6 is 15.9 Å². The van der Waals surface area contributed by atoms with Crippen molar-refractivity contribution in [2.24, 2.45) is 0 Å². The smallest absolute Gasteiger partial charge is 0.319 e. The molecule has 0 aliphatic heterocycles. The zero-order chi connectivity index (χ0) is 14.5. The van der Waals surface area contributed by atoms with Crippen molar-refractivity contribution < 1.29 is 9.90 Å². The van der Waals surface area contributed by atoms with Gasteiger partial charge in [0.25, 0.3) is 0 Å². The number of aromatic hydroxyl groups is 1. The van der Waals surface area contributed by atoms with E-state index in [1.54, 1.807) is 18.2 Å². The topological polar surface area (TPSA) is 61.4 Å². The molecule has 0 aliphatic carbocycles. The van der Waals surface area contributed by atoms with Crippen LogP contribution in [-0.4, -0.2) is 11.1 Å². The summed E-state index contributed by atoms with van der Waals surface area (Å²) in [5.41, 5.74) is 2.35. The van der Waals surface area contributed by atoms with Gasteiger partial charge in [-0.3, -0.25) is 0 Å². The molecular formula is C15H15BrN2O2. The molecule has 2 aromatic rings. The Hall–Kier alpha value is -2.01. The van der Waals surface area contributed by atoms with Gasteiger partial charge in [-0.15, -0.1) is 0 Å². The minimum absolute atomic E-state index is 0.0493. The Balaban J connectivity index is 1.94. The second kappa shape index (κ2) is 6.43. The molecule has 0 atom stereocenters. The predicted molar refractivity (Wildman–Crippen MR) is 82.8 cm³/mol. The number of amides is 2. The van der Waals surface area contributed by atoms with Crippen molar-refractivity contribution >= 4 is 27.6 Å². The summed E-state index contributed by atoms with van der Waals surface area (Å²) in [6.45, 7) is 2.31. The number of phenols is 1. The fraction of sp³-hybridized carbons (Fsp3) is 0.133. The van der Waals surface area contributed by atoms with Crippen molar-refractivity contribution in [2.75, 3.05) is 5.32 Å². The van der Waals surface area contributed by atoms with E-state index in [4.69, 9.17) is 0 Å². The minimum Gasteiger partial charge on any atom is -0.506 e. The molecule has 2 rings (SSSR count). The van der Waals surface area contributed by atoms with Crippen molar-refractivity contribution in [3.63, 3.8) is 0 Å². The molecule has 0 aliphatic rings. The number of carbonyl (C=O) groups is 1. The number of hydrogen-bond donors (Lipinski definition) is 3. The van der Waals surface area contributed by atoms with Crippen LogP contribution in [0, 0.1) is 6.92 Å². The first-order valence-corrected chi connectivity index (χ1v) is 6.93. The van der Waals surface area contributed by atoms with Crippen LogP contribution in [0.4, 0.5) is 10.5 Å². The van der Waals surface area contributed by atoms with Crippen LogP contribution in [0.3, 0.4) is 0 Å². The normalized spacial score (nSPS) is 10.1. The molecule has 104 valence electrons. The summed E-state index contributed by atoms with van der Waals surface area (Å²) in [6, 6.07) is 12.4. The minimum atomic E-state index is -0.356. The first-order chi connectivity index (χ1) is 9.54. The summed E-state index contributed by atoms with van der Waals surface area (Å²) in [4.78, 5) is 11.8. The van der Waals surface area contributed by atoms with Gasteiger partial charge in [0.2, 0.25) is 0 Å². The summed E-state index contributed by atoms with van der Waals surface area (Å²) in [5.74, 6) is 0.0493. The van der Waals surface area contributed by atoms with E-state index in [-0.39, 0.29) is 11.8 Å². The Bertz CT molecular complexity index is 629. The highest BCUT2D eigenvalue weighted by atomic mass is 79.9. The van der Waals surface area contributed by atoms with Gasteiger partial charge in [0.15, 0.2) is 0 Å². The number of aryl methyl sites for hydroxylation is 1. The lowest BCUT2D eigenvalue weighted by Crippen LogP contribution is -2.28. The molecule has 0 unspecified atom stereocenters. The average Bonchev–Trinajstić information content (AvgIpc) is 2.41. The van der Waals surface area contributed by atoms with E-state index in [9.17, 15) is 9.90 Å². The van der Waals surface area contributed by atoms with E-state index in [1.165, 1.54) is 0 Å². The van der Waals surface area contributed by atoms with Gasteiger partial charge in [0.1, 0.15) is 5.75 Å². The molecule has 5 heteroatoms. The summed E-state index contributed by atoms with van der Waals surface area (Å²) in [6.07, 6.45) is 0. The number of hydrogen-bond acceptors (Lipinski definition) is 2. The molecule has 0 radical (unpaired) electrons. The van der Waals surface area contributed by atoms with E-state index in [2.05, 4.69) is 26.6 Å². The van der Waals surface area contributed by atoms with Crippen LogP contribution in [0.15, 0.2) is 46.9 Å². The fourth-order valence-electron chi connectivity index (χ4n) is 1.75. The molecule has 0 bridgehead atoms. The van der Waals surface area contributed by atoms with Gasteiger partial charge in [-0.2, -0.15) is 0 Å². The van der Waals surface area contributed by atoms with Crippen LogP contribution in [0.1, 0.15) is 11.1 Å². The van der Waals surface area contributed by atoms with E-state index in [0.717, 1.165) is 15.6 Å². The lowest BCUT2D eigenvalue weighted by Gasteiger charge is -2.10. The van der Waals surface area contributed by atoms with Gasteiger partial charge in [-0.25, -0.2) is 4.79 Å². The van der Waals surface area contributed by atoms with Crippen molar-refractivity contribution in [1.82, 2.24) is 5.32 Å². The van der Waals surface area contributed by atoms with Crippen molar-refractivity contribution in [3.05, 3.63) is 58.1 Å². The second-order valence-corrected chi connectivity index (χ2v) is 5.37. The number of halogens is 1. The molecule has 3 N–H and O–H groups in total. The highest BCUT2D eigenvalue weighted by Gasteiger charge is 2.06. The predicted octanol–water partition coefficient (Wildman–Crippen LogP) is 3.78. The molecule has 0 spiro atoms. The largest absolute Gasteiger partial charge is 0.506 e. The number of nitrogens with one attached hydrogen (secondary N) is 2. The highest BCUT2D eigenvalue weighted by molar-refractivity contribution is 9.10. The van der Waals surface area contributed by atoms with Crippen LogP contribution in [-0.2, 0) is 6.54 Å². The molecule has 2 amide bonds. The number of anilines is 1. The van der Waals surface area contributed by atoms with Gasteiger partial charge < -0.3 is 15.7 Å². The molecular weight excluding hydrogens is 320 g/mol. The van der Waals surface area contributed by atoms with Gasteiger partial charge >= 0.3 is 6.03 Å². The van der Waals surface area contributed by atoms with Gasteiger partial charge in [0.05, 0.1) is 5.69 Å². The SMILES string of the molecule is Cc1ccc(O)c(NC(=O)NCc2cccc(Br)c2)c1. The van der Waals surface area contributed by atoms with E-state index < -0.39 is 0 Å². The molecule has 0 saturated heterocycles. The van der Waals surface area contributed by atoms with E-state index >= 15 is 0 Å². The number of phenolic OH excluding ortho intramolecular Hbond substituents is 1. The monoisotopic (exact) mass is 334 g/mol. The van der Waals surface area contributed by atoms with Crippen LogP contribution in [0.2, 0.25) is 0 Å². The molecule has 0 saturated carbocycles. The van der Waals surface area contributed by atoms with Gasteiger partial charge in [-0.05, 0) is 42.3 Å². The third kappa shape index (κ3) is 3.99. The third-order valence-electron chi connectivity index (χ3n) is 2.74. The first-order valence-electron chi connectivity index (χ1n) is 6.13. The van der Waals surface area contributed by atoms with Gasteiger partial charge in [-0.1, -0.05) is 34.1 Å². The maximum absolute atomic E-state index is 11.8. The number of urea groups is 1.